The van der Waals surface area contributed by atoms with Gasteiger partial charge in [0.2, 0.25) is 0 Å². The van der Waals surface area contributed by atoms with E-state index < -0.39 is 5.92 Å². The van der Waals surface area contributed by atoms with Gasteiger partial charge in [0.25, 0.3) is 0 Å². The van der Waals surface area contributed by atoms with E-state index in [-0.39, 0.29) is 17.7 Å². The first-order valence-corrected chi connectivity index (χ1v) is 5.92. The fourth-order valence-corrected chi connectivity index (χ4v) is 2.39. The fourth-order valence-electron chi connectivity index (χ4n) is 2.39. The Morgan fingerprint density at radius 1 is 1.50 bits per heavy atom. The molecule has 0 bridgehead atoms. The van der Waals surface area contributed by atoms with Gasteiger partial charge in [0.15, 0.2) is 0 Å². The third-order valence-corrected chi connectivity index (χ3v) is 3.24. The van der Waals surface area contributed by atoms with Crippen molar-refractivity contribution < 1.29 is 14.3 Å². The van der Waals surface area contributed by atoms with Crippen LogP contribution in [0.1, 0.15) is 38.5 Å². The summed E-state index contributed by atoms with van der Waals surface area (Å²) in [7, 11) is 1.35. The largest absolute Gasteiger partial charge is 0.468 e. The number of Topliss-reactive ketones (excluding diaryl/α,β-unsaturated/α-hetero) is 1. The molecule has 0 spiro atoms. The van der Waals surface area contributed by atoms with Gasteiger partial charge in [-0.05, 0) is 25.2 Å². The van der Waals surface area contributed by atoms with Crippen LogP contribution in [0.15, 0.2) is 12.7 Å². The van der Waals surface area contributed by atoms with Crippen LogP contribution in [0.2, 0.25) is 0 Å². The molecule has 1 rings (SSSR count). The molecule has 0 N–H and O–H groups in total. The smallest absolute Gasteiger partial charge is 0.316 e. The number of rotatable bonds is 3. The van der Waals surface area contributed by atoms with Crippen molar-refractivity contribution in [3.8, 4) is 0 Å². The number of hydrogen-bond donors (Lipinski definition) is 0. The van der Waals surface area contributed by atoms with Crippen LogP contribution in [0, 0.1) is 11.8 Å². The van der Waals surface area contributed by atoms with E-state index in [9.17, 15) is 9.59 Å². The third kappa shape index (κ3) is 3.19. The van der Waals surface area contributed by atoms with Crippen LogP contribution in [0.4, 0.5) is 0 Å². The van der Waals surface area contributed by atoms with Gasteiger partial charge in [-0.25, -0.2) is 0 Å². The van der Waals surface area contributed by atoms with Crippen LogP contribution >= 0.6 is 0 Å². The topological polar surface area (TPSA) is 43.4 Å². The Labute approximate surface area is 96.9 Å². The van der Waals surface area contributed by atoms with Gasteiger partial charge in [-0.15, -0.1) is 6.58 Å². The molecule has 0 radical (unpaired) electrons. The van der Waals surface area contributed by atoms with Crippen molar-refractivity contribution in [2.45, 2.75) is 38.5 Å². The summed E-state index contributed by atoms with van der Waals surface area (Å²) in [5, 5.41) is 0. The second kappa shape index (κ2) is 6.46. The van der Waals surface area contributed by atoms with Crippen molar-refractivity contribution >= 4 is 11.8 Å². The molecular weight excluding hydrogens is 204 g/mol. The number of ketones is 1. The van der Waals surface area contributed by atoms with E-state index in [4.69, 9.17) is 4.74 Å². The minimum absolute atomic E-state index is 0.0402. The molecule has 90 valence electrons. The number of carbonyl (C=O) groups excluding carboxylic acids is 2. The molecule has 0 aromatic heterocycles. The predicted octanol–water partition coefficient (Wildman–Crippen LogP) is 2.50. The molecule has 1 aliphatic carbocycles. The Balaban J connectivity index is 2.82. The van der Waals surface area contributed by atoms with Crippen molar-refractivity contribution in [2.75, 3.05) is 7.11 Å². The summed E-state index contributed by atoms with van der Waals surface area (Å²) in [5.74, 6) is -0.821. The second-order valence-electron chi connectivity index (χ2n) is 4.35. The monoisotopic (exact) mass is 224 g/mol. The first-order chi connectivity index (χ1) is 7.70. The normalized spacial score (nSPS) is 26.7. The van der Waals surface area contributed by atoms with Crippen molar-refractivity contribution in [1.82, 2.24) is 0 Å². The zero-order chi connectivity index (χ0) is 12.0. The highest BCUT2D eigenvalue weighted by Crippen LogP contribution is 2.29. The fraction of sp³-hybridized carbons (Fsp3) is 0.692. The Hall–Kier alpha value is -1.12. The summed E-state index contributed by atoms with van der Waals surface area (Å²) in [6.07, 6.45) is 6.98. The maximum atomic E-state index is 11.9. The second-order valence-corrected chi connectivity index (χ2v) is 4.35. The molecule has 0 heterocycles. The molecular formula is C13H20O3. The van der Waals surface area contributed by atoms with Gasteiger partial charge in [-0.2, -0.15) is 0 Å². The maximum absolute atomic E-state index is 11.9. The number of ether oxygens (including phenoxy) is 1. The van der Waals surface area contributed by atoms with Gasteiger partial charge in [-0.1, -0.05) is 18.9 Å². The predicted molar refractivity (Wildman–Crippen MR) is 61.9 cm³/mol. The molecule has 0 aromatic rings. The highest BCUT2D eigenvalue weighted by Gasteiger charge is 2.34. The van der Waals surface area contributed by atoms with Crippen LogP contribution < -0.4 is 0 Å². The lowest BCUT2D eigenvalue weighted by Crippen LogP contribution is -2.33. The first-order valence-electron chi connectivity index (χ1n) is 5.92. The van der Waals surface area contributed by atoms with Gasteiger partial charge >= 0.3 is 5.97 Å². The Kier molecular flexibility index (Phi) is 5.23. The van der Waals surface area contributed by atoms with Gasteiger partial charge in [0.1, 0.15) is 11.7 Å². The van der Waals surface area contributed by atoms with Crippen molar-refractivity contribution in [1.29, 1.82) is 0 Å². The average Bonchev–Trinajstić information content (AvgIpc) is 2.26. The lowest BCUT2D eigenvalue weighted by molar-refractivity contribution is -0.152. The minimum atomic E-state index is -0.566. The third-order valence-electron chi connectivity index (χ3n) is 3.24. The lowest BCUT2D eigenvalue weighted by Gasteiger charge is -2.25. The number of esters is 1. The van der Waals surface area contributed by atoms with E-state index in [0.717, 1.165) is 25.7 Å². The van der Waals surface area contributed by atoms with Crippen molar-refractivity contribution in [3.05, 3.63) is 12.7 Å². The standard InChI is InChI=1S/C13H20O3/c1-3-7-10-8-5-4-6-9-11(14)12(10)13(15)16-2/h3,10,12H,1,4-9H2,2H3/t10-,12?/m0/s1. The Morgan fingerprint density at radius 3 is 2.88 bits per heavy atom. The zero-order valence-corrected chi connectivity index (χ0v) is 9.91. The SMILES string of the molecule is C=CC[C@H]1CCCCCC(=O)C1C(=O)OC. The molecule has 1 aliphatic rings. The van der Waals surface area contributed by atoms with E-state index in [0.29, 0.717) is 12.8 Å². The number of carbonyl (C=O) groups is 2. The van der Waals surface area contributed by atoms with Crippen molar-refractivity contribution in [3.63, 3.8) is 0 Å². The van der Waals surface area contributed by atoms with E-state index >= 15 is 0 Å². The van der Waals surface area contributed by atoms with E-state index in [1.54, 1.807) is 6.08 Å². The van der Waals surface area contributed by atoms with Crippen LogP contribution in [0.25, 0.3) is 0 Å². The van der Waals surface area contributed by atoms with E-state index in [1.165, 1.54) is 7.11 Å². The summed E-state index contributed by atoms with van der Waals surface area (Å²) in [5.41, 5.74) is 0. The molecule has 1 unspecified atom stereocenters. The molecule has 2 atom stereocenters. The molecule has 16 heavy (non-hydrogen) atoms. The molecule has 3 heteroatoms. The van der Waals surface area contributed by atoms with Crippen molar-refractivity contribution in [2.24, 2.45) is 11.8 Å². The summed E-state index contributed by atoms with van der Waals surface area (Å²) in [6.45, 7) is 3.69. The molecule has 1 fully saturated rings. The molecule has 0 saturated heterocycles. The molecule has 1 saturated carbocycles. The van der Waals surface area contributed by atoms with E-state index in [1.807, 2.05) is 0 Å². The number of hydrogen-bond acceptors (Lipinski definition) is 3. The highest BCUT2D eigenvalue weighted by molar-refractivity contribution is 5.99. The van der Waals surface area contributed by atoms with Gasteiger partial charge in [0.05, 0.1) is 7.11 Å². The number of allylic oxidation sites excluding steroid dienone is 1. The van der Waals surface area contributed by atoms with Crippen LogP contribution in [-0.2, 0) is 14.3 Å². The Bertz CT molecular complexity index is 270. The summed E-state index contributed by atoms with van der Waals surface area (Å²) in [6, 6.07) is 0. The highest BCUT2D eigenvalue weighted by atomic mass is 16.5. The zero-order valence-electron chi connectivity index (χ0n) is 9.91. The quantitative estimate of drug-likeness (QED) is 0.420. The van der Waals surface area contributed by atoms with Crippen LogP contribution in [0.5, 0.6) is 0 Å². The molecule has 0 aromatic carbocycles. The maximum Gasteiger partial charge on any atom is 0.316 e. The molecule has 0 aliphatic heterocycles. The van der Waals surface area contributed by atoms with Crippen LogP contribution in [-0.4, -0.2) is 18.9 Å². The van der Waals surface area contributed by atoms with Gasteiger partial charge < -0.3 is 4.74 Å². The summed E-state index contributed by atoms with van der Waals surface area (Å²) in [4.78, 5) is 23.6. The first kappa shape index (κ1) is 12.9. The summed E-state index contributed by atoms with van der Waals surface area (Å²) < 4.78 is 4.74. The van der Waals surface area contributed by atoms with Crippen LogP contribution in [0.3, 0.4) is 0 Å². The molecule has 3 nitrogen and oxygen atoms in total. The van der Waals surface area contributed by atoms with Gasteiger partial charge in [-0.3, -0.25) is 9.59 Å². The average molecular weight is 224 g/mol. The van der Waals surface area contributed by atoms with Gasteiger partial charge in [0, 0.05) is 6.42 Å². The Morgan fingerprint density at radius 2 is 2.25 bits per heavy atom. The number of methoxy groups -OCH3 is 1. The summed E-state index contributed by atoms with van der Waals surface area (Å²) >= 11 is 0. The minimum Gasteiger partial charge on any atom is -0.468 e. The molecule has 0 amide bonds. The van der Waals surface area contributed by atoms with E-state index in [2.05, 4.69) is 6.58 Å². The lowest BCUT2D eigenvalue weighted by atomic mass is 9.79.